The van der Waals surface area contributed by atoms with Crippen molar-refractivity contribution in [2.45, 2.75) is 13.0 Å². The summed E-state index contributed by atoms with van der Waals surface area (Å²) in [7, 11) is 1.65. The topological polar surface area (TPSA) is 57.4 Å². The molecule has 1 aromatic carbocycles. The molecule has 2 aromatic rings. The van der Waals surface area contributed by atoms with E-state index in [-0.39, 0.29) is 0 Å². The molecule has 2 N–H and O–H groups in total. The number of methoxy groups -OCH3 is 1. The number of aromatic nitrogens is 1. The van der Waals surface area contributed by atoms with Gasteiger partial charge in [0.1, 0.15) is 11.5 Å². The molecule has 0 aliphatic heterocycles. The van der Waals surface area contributed by atoms with E-state index in [0.717, 1.165) is 28.6 Å². The van der Waals surface area contributed by atoms with Crippen LogP contribution in [-0.2, 0) is 13.0 Å². The summed E-state index contributed by atoms with van der Waals surface area (Å²) in [6.45, 7) is 1.11. The Labute approximate surface area is 110 Å². The molecule has 96 valence electrons. The largest absolute Gasteiger partial charge is 0.497 e. The third kappa shape index (κ3) is 3.45. The fraction of sp³-hybridized carbons (Fsp3) is 0.308. The lowest BCUT2D eigenvalue weighted by molar-refractivity contribution is 0.321. The van der Waals surface area contributed by atoms with Crippen molar-refractivity contribution in [3.8, 4) is 11.5 Å². The summed E-state index contributed by atoms with van der Waals surface area (Å²) in [6, 6.07) is 7.55. The van der Waals surface area contributed by atoms with Crippen LogP contribution in [0.2, 0.25) is 0 Å². The summed E-state index contributed by atoms with van der Waals surface area (Å²) in [6.07, 6.45) is 0.802. The first-order chi connectivity index (χ1) is 8.81. The molecule has 0 amide bonds. The van der Waals surface area contributed by atoms with E-state index >= 15 is 0 Å². The predicted octanol–water partition coefficient (Wildman–Crippen LogP) is 2.23. The Morgan fingerprint density at radius 3 is 2.56 bits per heavy atom. The minimum atomic E-state index is 0.496. The highest BCUT2D eigenvalue weighted by atomic mass is 32.1. The van der Waals surface area contributed by atoms with Gasteiger partial charge in [0.05, 0.1) is 24.4 Å². The molecule has 0 spiro atoms. The molecule has 0 bridgehead atoms. The Bertz CT molecular complexity index is 482. The molecule has 5 heteroatoms. The maximum Gasteiger partial charge on any atom is 0.119 e. The van der Waals surface area contributed by atoms with E-state index in [4.69, 9.17) is 15.2 Å². The Hall–Kier alpha value is -1.59. The maximum absolute atomic E-state index is 5.63. The van der Waals surface area contributed by atoms with Crippen LogP contribution in [-0.4, -0.2) is 18.7 Å². The van der Waals surface area contributed by atoms with Crippen molar-refractivity contribution in [1.82, 2.24) is 4.98 Å². The zero-order chi connectivity index (χ0) is 12.8. The number of benzene rings is 1. The summed E-state index contributed by atoms with van der Waals surface area (Å²) in [5.41, 5.74) is 6.46. The maximum atomic E-state index is 5.63. The van der Waals surface area contributed by atoms with Crippen LogP contribution in [0.5, 0.6) is 11.5 Å². The van der Waals surface area contributed by atoms with Crippen LogP contribution in [0.1, 0.15) is 10.7 Å². The monoisotopic (exact) mass is 264 g/mol. The van der Waals surface area contributed by atoms with Crippen LogP contribution in [0.15, 0.2) is 29.6 Å². The molecule has 0 saturated heterocycles. The van der Waals surface area contributed by atoms with E-state index in [0.29, 0.717) is 13.2 Å². The van der Waals surface area contributed by atoms with Gasteiger partial charge in [0.25, 0.3) is 0 Å². The van der Waals surface area contributed by atoms with E-state index in [2.05, 4.69) is 4.98 Å². The molecule has 0 atom stereocenters. The quantitative estimate of drug-likeness (QED) is 0.869. The SMILES string of the molecule is COc1ccc(OCCc2nc(CN)cs2)cc1. The number of nitrogens with two attached hydrogens (primary N) is 1. The summed E-state index contributed by atoms with van der Waals surface area (Å²) >= 11 is 1.62. The van der Waals surface area contributed by atoms with Crippen molar-refractivity contribution in [2.24, 2.45) is 5.73 Å². The first-order valence-corrected chi connectivity index (χ1v) is 6.60. The third-order valence-electron chi connectivity index (χ3n) is 2.45. The molecule has 2 rings (SSSR count). The molecule has 1 aromatic heterocycles. The fourth-order valence-electron chi connectivity index (χ4n) is 1.49. The van der Waals surface area contributed by atoms with E-state index in [1.54, 1.807) is 18.4 Å². The number of nitrogens with zero attached hydrogens (tertiary/aromatic N) is 1. The summed E-state index contributed by atoms with van der Waals surface area (Å²) in [4.78, 5) is 4.38. The van der Waals surface area contributed by atoms with Gasteiger partial charge in [0, 0.05) is 18.3 Å². The van der Waals surface area contributed by atoms with Gasteiger partial charge in [-0.15, -0.1) is 11.3 Å². The van der Waals surface area contributed by atoms with Crippen molar-refractivity contribution >= 4 is 11.3 Å². The molecule has 0 unspecified atom stereocenters. The van der Waals surface area contributed by atoms with Crippen LogP contribution >= 0.6 is 11.3 Å². The van der Waals surface area contributed by atoms with Crippen molar-refractivity contribution < 1.29 is 9.47 Å². The van der Waals surface area contributed by atoms with Crippen molar-refractivity contribution in [2.75, 3.05) is 13.7 Å². The highest BCUT2D eigenvalue weighted by molar-refractivity contribution is 7.09. The Balaban J connectivity index is 1.80. The average molecular weight is 264 g/mol. The van der Waals surface area contributed by atoms with E-state index < -0.39 is 0 Å². The third-order valence-corrected chi connectivity index (χ3v) is 3.41. The first kappa shape index (κ1) is 12.9. The standard InChI is InChI=1S/C13H16N2O2S/c1-16-11-2-4-12(5-3-11)17-7-6-13-15-10(8-14)9-18-13/h2-5,9H,6-8,14H2,1H3. The Morgan fingerprint density at radius 2 is 1.94 bits per heavy atom. The zero-order valence-electron chi connectivity index (χ0n) is 10.3. The van der Waals surface area contributed by atoms with Gasteiger partial charge < -0.3 is 15.2 Å². The second-order valence-corrected chi connectivity index (χ2v) is 4.65. The lowest BCUT2D eigenvalue weighted by atomic mass is 10.3. The molecular formula is C13H16N2O2S. The molecule has 4 nitrogen and oxygen atoms in total. The molecule has 1 heterocycles. The highest BCUT2D eigenvalue weighted by Crippen LogP contribution is 2.17. The lowest BCUT2D eigenvalue weighted by Gasteiger charge is -2.05. The number of hydrogen-bond acceptors (Lipinski definition) is 5. The molecular weight excluding hydrogens is 248 g/mol. The molecule has 0 fully saturated rings. The fourth-order valence-corrected chi connectivity index (χ4v) is 2.28. The van der Waals surface area contributed by atoms with Gasteiger partial charge in [-0.05, 0) is 24.3 Å². The minimum absolute atomic E-state index is 0.496. The van der Waals surface area contributed by atoms with Gasteiger partial charge in [0.15, 0.2) is 0 Å². The van der Waals surface area contributed by atoms with Crippen molar-refractivity contribution in [1.29, 1.82) is 0 Å². The van der Waals surface area contributed by atoms with E-state index in [1.807, 2.05) is 29.6 Å². The number of thiazole rings is 1. The summed E-state index contributed by atoms with van der Waals surface area (Å²) in [5.74, 6) is 1.67. The normalized spacial score (nSPS) is 10.3. The van der Waals surface area contributed by atoms with Crippen molar-refractivity contribution in [3.05, 3.63) is 40.3 Å². The van der Waals surface area contributed by atoms with Gasteiger partial charge in [-0.2, -0.15) is 0 Å². The Morgan fingerprint density at radius 1 is 1.22 bits per heavy atom. The molecule has 18 heavy (non-hydrogen) atoms. The van der Waals surface area contributed by atoms with Gasteiger partial charge in [0.2, 0.25) is 0 Å². The van der Waals surface area contributed by atoms with Gasteiger partial charge >= 0.3 is 0 Å². The molecule has 0 saturated carbocycles. The number of hydrogen-bond donors (Lipinski definition) is 1. The van der Waals surface area contributed by atoms with E-state index in [9.17, 15) is 0 Å². The van der Waals surface area contributed by atoms with E-state index in [1.165, 1.54) is 0 Å². The highest BCUT2D eigenvalue weighted by Gasteiger charge is 2.01. The first-order valence-electron chi connectivity index (χ1n) is 5.72. The van der Waals surface area contributed by atoms with Gasteiger partial charge in [-0.1, -0.05) is 0 Å². The second kappa shape index (κ2) is 6.37. The van der Waals surface area contributed by atoms with Crippen LogP contribution in [0.4, 0.5) is 0 Å². The predicted molar refractivity (Wildman–Crippen MR) is 72.2 cm³/mol. The summed E-state index contributed by atoms with van der Waals surface area (Å²) < 4.78 is 10.7. The average Bonchev–Trinajstić information content (AvgIpc) is 2.87. The zero-order valence-corrected chi connectivity index (χ0v) is 11.1. The van der Waals surface area contributed by atoms with Crippen LogP contribution < -0.4 is 15.2 Å². The number of ether oxygens (including phenoxy) is 2. The van der Waals surface area contributed by atoms with Gasteiger partial charge in [-0.25, -0.2) is 4.98 Å². The van der Waals surface area contributed by atoms with Crippen LogP contribution in [0.25, 0.3) is 0 Å². The van der Waals surface area contributed by atoms with Crippen LogP contribution in [0.3, 0.4) is 0 Å². The van der Waals surface area contributed by atoms with Crippen molar-refractivity contribution in [3.63, 3.8) is 0 Å². The smallest absolute Gasteiger partial charge is 0.119 e. The van der Waals surface area contributed by atoms with Crippen LogP contribution in [0, 0.1) is 0 Å². The molecule has 0 aliphatic carbocycles. The second-order valence-electron chi connectivity index (χ2n) is 3.71. The molecule has 0 aliphatic rings. The van der Waals surface area contributed by atoms with Gasteiger partial charge in [-0.3, -0.25) is 0 Å². The summed E-state index contributed by atoms with van der Waals surface area (Å²) in [5, 5.41) is 3.05. The Kier molecular flexibility index (Phi) is 4.55. The lowest BCUT2D eigenvalue weighted by Crippen LogP contribution is -2.02. The molecule has 0 radical (unpaired) electrons. The number of rotatable bonds is 6. The minimum Gasteiger partial charge on any atom is -0.497 e.